The molecule has 0 amide bonds. The minimum atomic E-state index is -0.560. The van der Waals surface area contributed by atoms with Crippen LogP contribution in [0.25, 0.3) is 0 Å². The van der Waals surface area contributed by atoms with Crippen molar-refractivity contribution in [1.29, 1.82) is 0 Å². The van der Waals surface area contributed by atoms with Gasteiger partial charge in [0.1, 0.15) is 0 Å². The summed E-state index contributed by atoms with van der Waals surface area (Å²) in [6, 6.07) is 0. The summed E-state index contributed by atoms with van der Waals surface area (Å²) >= 11 is 0. The molecule has 0 aromatic carbocycles. The molecular weight excluding hydrogens is 220 g/mol. The lowest BCUT2D eigenvalue weighted by Crippen LogP contribution is -2.35. The van der Waals surface area contributed by atoms with Crippen molar-refractivity contribution < 1.29 is 14.9 Å². The topological polar surface area (TPSA) is 102 Å². The molecule has 0 heterocycles. The number of rotatable bonds is 10. The van der Waals surface area contributed by atoms with Gasteiger partial charge >= 0.3 is 0 Å². The summed E-state index contributed by atoms with van der Waals surface area (Å²) < 4.78 is 5.32. The molecule has 0 aliphatic heterocycles. The van der Waals surface area contributed by atoms with Gasteiger partial charge in [-0.25, -0.2) is 0 Å². The first-order valence-corrected chi connectivity index (χ1v) is 6.44. The minimum Gasteiger partial charge on any atom is -0.390 e. The van der Waals surface area contributed by atoms with Gasteiger partial charge in [0.25, 0.3) is 0 Å². The molecule has 0 saturated carbocycles. The van der Waals surface area contributed by atoms with Crippen molar-refractivity contribution >= 4 is 0 Å². The molecule has 0 spiro atoms. The second-order valence-corrected chi connectivity index (χ2v) is 4.48. The first-order valence-electron chi connectivity index (χ1n) is 6.44. The Bertz CT molecular complexity index is 155. The lowest BCUT2D eigenvalue weighted by Gasteiger charge is -2.23. The zero-order chi connectivity index (χ0) is 13.3. The van der Waals surface area contributed by atoms with Gasteiger partial charge in [-0.2, -0.15) is 0 Å². The fourth-order valence-electron chi connectivity index (χ4n) is 1.77. The highest BCUT2D eigenvalue weighted by Gasteiger charge is 2.19. The van der Waals surface area contributed by atoms with Crippen LogP contribution in [0.5, 0.6) is 0 Å². The molecular formula is C12H28N2O3. The molecule has 4 atom stereocenters. The van der Waals surface area contributed by atoms with Crippen LogP contribution < -0.4 is 11.5 Å². The molecule has 0 bridgehead atoms. The van der Waals surface area contributed by atoms with Gasteiger partial charge in [-0.3, -0.25) is 0 Å². The molecule has 104 valence electrons. The van der Waals surface area contributed by atoms with Gasteiger partial charge < -0.3 is 26.4 Å². The second kappa shape index (κ2) is 9.79. The van der Waals surface area contributed by atoms with Gasteiger partial charge in [-0.05, 0) is 37.8 Å². The molecule has 5 heteroatoms. The van der Waals surface area contributed by atoms with Gasteiger partial charge in [0.05, 0.1) is 25.4 Å². The highest BCUT2D eigenvalue weighted by Crippen LogP contribution is 2.10. The molecule has 0 radical (unpaired) electrons. The van der Waals surface area contributed by atoms with Crippen LogP contribution in [-0.2, 0) is 4.74 Å². The van der Waals surface area contributed by atoms with Crippen molar-refractivity contribution in [3.63, 3.8) is 0 Å². The summed E-state index contributed by atoms with van der Waals surface area (Å²) in [5.41, 5.74) is 11.1. The highest BCUT2D eigenvalue weighted by atomic mass is 16.5. The summed E-state index contributed by atoms with van der Waals surface area (Å²) in [6.07, 6.45) is 0.527. The summed E-state index contributed by atoms with van der Waals surface area (Å²) in [6.45, 7) is 5.30. The number of nitrogens with two attached hydrogens (primary N) is 2. The first kappa shape index (κ1) is 16.8. The smallest absolute Gasteiger partial charge is 0.0813 e. The molecule has 0 aliphatic carbocycles. The van der Waals surface area contributed by atoms with Crippen LogP contribution in [-0.4, -0.2) is 48.7 Å². The fourth-order valence-corrected chi connectivity index (χ4v) is 1.77. The van der Waals surface area contributed by atoms with Crippen molar-refractivity contribution in [2.75, 3.05) is 26.3 Å². The zero-order valence-electron chi connectivity index (χ0n) is 11.0. The Morgan fingerprint density at radius 1 is 0.882 bits per heavy atom. The van der Waals surface area contributed by atoms with Crippen LogP contribution in [0.1, 0.15) is 26.7 Å². The Morgan fingerprint density at radius 2 is 1.24 bits per heavy atom. The highest BCUT2D eigenvalue weighted by molar-refractivity contribution is 4.70. The van der Waals surface area contributed by atoms with E-state index in [-0.39, 0.29) is 25.0 Å². The number of hydrogen-bond donors (Lipinski definition) is 4. The molecule has 17 heavy (non-hydrogen) atoms. The monoisotopic (exact) mass is 248 g/mol. The number of aliphatic hydroxyl groups is 2. The summed E-state index contributed by atoms with van der Waals surface area (Å²) in [7, 11) is 0. The zero-order valence-corrected chi connectivity index (χ0v) is 11.0. The summed E-state index contributed by atoms with van der Waals surface area (Å²) in [5, 5.41) is 19.5. The van der Waals surface area contributed by atoms with E-state index in [4.69, 9.17) is 16.2 Å². The Balaban J connectivity index is 3.82. The van der Waals surface area contributed by atoms with Crippen molar-refractivity contribution in [3.05, 3.63) is 0 Å². The van der Waals surface area contributed by atoms with E-state index in [1.54, 1.807) is 0 Å². The van der Waals surface area contributed by atoms with E-state index in [1.807, 2.05) is 13.8 Å². The second-order valence-electron chi connectivity index (χ2n) is 4.48. The molecule has 0 aromatic rings. The molecule has 0 aliphatic rings. The van der Waals surface area contributed by atoms with Crippen LogP contribution >= 0.6 is 0 Å². The van der Waals surface area contributed by atoms with E-state index in [0.29, 0.717) is 13.1 Å². The average Bonchev–Trinajstić information content (AvgIpc) is 2.32. The normalized spacial score (nSPS) is 18.7. The first-order chi connectivity index (χ1) is 8.10. The lowest BCUT2D eigenvalue weighted by molar-refractivity contribution is -0.0396. The third kappa shape index (κ3) is 6.33. The van der Waals surface area contributed by atoms with Crippen molar-refractivity contribution in [2.24, 2.45) is 23.3 Å². The Morgan fingerprint density at radius 3 is 1.47 bits per heavy atom. The maximum atomic E-state index is 9.76. The van der Waals surface area contributed by atoms with Gasteiger partial charge in [0.15, 0.2) is 0 Å². The maximum Gasteiger partial charge on any atom is 0.0813 e. The largest absolute Gasteiger partial charge is 0.390 e. The Hall–Kier alpha value is -0.200. The van der Waals surface area contributed by atoms with Gasteiger partial charge in [-0.1, -0.05) is 13.8 Å². The molecule has 4 unspecified atom stereocenters. The third-order valence-corrected chi connectivity index (χ3v) is 3.32. The van der Waals surface area contributed by atoms with E-state index in [1.165, 1.54) is 0 Å². The van der Waals surface area contributed by atoms with Crippen molar-refractivity contribution in [2.45, 2.75) is 38.9 Å². The Kier molecular flexibility index (Phi) is 9.68. The van der Waals surface area contributed by atoms with Crippen LogP contribution in [0.4, 0.5) is 0 Å². The van der Waals surface area contributed by atoms with Crippen molar-refractivity contribution in [1.82, 2.24) is 0 Å². The summed E-state index contributed by atoms with van der Waals surface area (Å²) in [5.74, 6) is 0.118. The molecule has 0 saturated heterocycles. The van der Waals surface area contributed by atoms with Crippen molar-refractivity contribution in [3.8, 4) is 0 Å². The van der Waals surface area contributed by atoms with Gasteiger partial charge in [0, 0.05) is 0 Å². The van der Waals surface area contributed by atoms with E-state index < -0.39 is 12.2 Å². The Labute approximate surface area is 104 Å². The molecule has 0 aromatic heterocycles. The van der Waals surface area contributed by atoms with Crippen LogP contribution in [0, 0.1) is 11.8 Å². The predicted molar refractivity (Wildman–Crippen MR) is 68.5 cm³/mol. The van der Waals surface area contributed by atoms with E-state index in [2.05, 4.69) is 0 Å². The lowest BCUT2D eigenvalue weighted by atomic mass is 9.99. The molecule has 0 rings (SSSR count). The summed E-state index contributed by atoms with van der Waals surface area (Å²) in [4.78, 5) is 0. The third-order valence-electron chi connectivity index (χ3n) is 3.32. The predicted octanol–water partition coefficient (Wildman–Crippen LogP) is -0.305. The number of hydrogen-bond acceptors (Lipinski definition) is 5. The molecule has 6 N–H and O–H groups in total. The van der Waals surface area contributed by atoms with E-state index in [9.17, 15) is 10.2 Å². The molecule has 5 nitrogen and oxygen atoms in total. The quantitative estimate of drug-likeness (QED) is 0.425. The van der Waals surface area contributed by atoms with Crippen LogP contribution in [0.2, 0.25) is 0 Å². The SMILES string of the molecule is CCC(CN)C(O)COCC(O)C(CC)CN. The fraction of sp³-hybridized carbons (Fsp3) is 1.00. The van der Waals surface area contributed by atoms with Gasteiger partial charge in [-0.15, -0.1) is 0 Å². The van der Waals surface area contributed by atoms with Crippen LogP contribution in [0.3, 0.4) is 0 Å². The molecule has 0 fully saturated rings. The number of ether oxygens (including phenoxy) is 1. The van der Waals surface area contributed by atoms with Crippen LogP contribution in [0.15, 0.2) is 0 Å². The standard InChI is InChI=1S/C12H28N2O3/c1-3-9(5-13)11(15)7-17-8-12(16)10(4-2)6-14/h9-12,15-16H,3-8,13-14H2,1-2H3. The maximum absolute atomic E-state index is 9.76. The van der Waals surface area contributed by atoms with E-state index >= 15 is 0 Å². The minimum absolute atomic E-state index is 0.0589. The average molecular weight is 248 g/mol. The van der Waals surface area contributed by atoms with Gasteiger partial charge in [0.2, 0.25) is 0 Å². The number of aliphatic hydroxyl groups excluding tert-OH is 2. The van der Waals surface area contributed by atoms with E-state index in [0.717, 1.165) is 12.8 Å².